The Bertz CT molecular complexity index is 583. The van der Waals surface area contributed by atoms with E-state index >= 15 is 0 Å². The number of rotatable bonds is 4. The van der Waals surface area contributed by atoms with Crippen LogP contribution in [0.15, 0.2) is 18.2 Å². The van der Waals surface area contributed by atoms with Crippen molar-refractivity contribution in [3.8, 4) is 11.5 Å². The van der Waals surface area contributed by atoms with Crippen molar-refractivity contribution in [3.63, 3.8) is 0 Å². The van der Waals surface area contributed by atoms with Gasteiger partial charge >= 0.3 is 6.29 Å². The second-order valence-electron chi connectivity index (χ2n) is 4.35. The topological polar surface area (TPSA) is 72.8 Å². The predicted octanol–water partition coefficient (Wildman–Crippen LogP) is 1.30. The highest BCUT2D eigenvalue weighted by Crippen LogP contribution is 2.41. The number of hydrogen-bond donors (Lipinski definition) is 1. The van der Waals surface area contributed by atoms with Crippen LogP contribution in [0.4, 0.5) is 8.78 Å². The minimum atomic E-state index is -3.72. The summed E-state index contributed by atoms with van der Waals surface area (Å²) in [7, 11) is -3.51. The van der Waals surface area contributed by atoms with Gasteiger partial charge in [0.25, 0.3) is 0 Å². The van der Waals surface area contributed by atoms with Gasteiger partial charge in [-0.05, 0) is 24.6 Å². The third-order valence-electron chi connectivity index (χ3n) is 2.35. The fourth-order valence-electron chi connectivity index (χ4n) is 1.76. The number of alkyl halides is 2. The first-order chi connectivity index (χ1) is 8.67. The normalized spacial score (nSPS) is 18.3. The first kappa shape index (κ1) is 14.0. The molecule has 1 aromatic rings. The fraction of sp³-hybridized carbons (Fsp3) is 0.455. The van der Waals surface area contributed by atoms with Gasteiger partial charge in [0, 0.05) is 0 Å². The number of aliphatic hydroxyl groups is 1. The quantitative estimate of drug-likeness (QED) is 0.906. The second kappa shape index (κ2) is 4.61. The summed E-state index contributed by atoms with van der Waals surface area (Å²) in [5.41, 5.74) is 0.292. The van der Waals surface area contributed by atoms with Crippen LogP contribution in [-0.2, 0) is 15.6 Å². The van der Waals surface area contributed by atoms with E-state index in [0.717, 1.165) is 0 Å². The largest absolute Gasteiger partial charge is 0.586 e. The van der Waals surface area contributed by atoms with Gasteiger partial charge < -0.3 is 14.6 Å². The molecule has 0 fully saturated rings. The molecule has 0 amide bonds. The lowest BCUT2D eigenvalue weighted by atomic mass is 10.2. The molecule has 0 saturated heterocycles. The Labute approximate surface area is 108 Å². The molecule has 8 heteroatoms. The maximum atomic E-state index is 12.8. The van der Waals surface area contributed by atoms with E-state index in [-0.39, 0.29) is 17.3 Å². The number of fused-ring (bicyclic) bond motifs is 1. The SMILES string of the molecule is C[C@@H](O)CS(=O)(=O)Cc1ccc2c(c1)OC(F)(F)O2. The first-order valence-corrected chi connectivity index (χ1v) is 7.26. The highest BCUT2D eigenvalue weighted by Gasteiger charge is 2.43. The predicted molar refractivity (Wildman–Crippen MR) is 61.8 cm³/mol. The van der Waals surface area contributed by atoms with E-state index in [1.807, 2.05) is 0 Å². The molecule has 19 heavy (non-hydrogen) atoms. The van der Waals surface area contributed by atoms with Gasteiger partial charge in [-0.1, -0.05) is 6.07 Å². The van der Waals surface area contributed by atoms with E-state index in [2.05, 4.69) is 9.47 Å². The van der Waals surface area contributed by atoms with Gasteiger partial charge in [-0.25, -0.2) is 8.42 Å². The Balaban J connectivity index is 2.17. The molecule has 0 aromatic heterocycles. The van der Waals surface area contributed by atoms with Crippen molar-refractivity contribution in [1.29, 1.82) is 0 Å². The molecule has 0 spiro atoms. The molecule has 1 aromatic carbocycles. The highest BCUT2D eigenvalue weighted by molar-refractivity contribution is 7.90. The van der Waals surface area contributed by atoms with Crippen LogP contribution in [0.2, 0.25) is 0 Å². The second-order valence-corrected chi connectivity index (χ2v) is 6.46. The van der Waals surface area contributed by atoms with Gasteiger partial charge in [-0.15, -0.1) is 8.78 Å². The molecule has 0 radical (unpaired) electrons. The third-order valence-corrected chi connectivity index (χ3v) is 4.11. The van der Waals surface area contributed by atoms with Crippen LogP contribution in [0, 0.1) is 0 Å². The van der Waals surface area contributed by atoms with E-state index < -0.39 is 28.0 Å². The summed E-state index contributed by atoms with van der Waals surface area (Å²) in [6, 6.07) is 3.78. The zero-order chi connectivity index (χ0) is 14.3. The highest BCUT2D eigenvalue weighted by atomic mass is 32.2. The maximum absolute atomic E-state index is 12.8. The Morgan fingerprint density at radius 2 is 1.95 bits per heavy atom. The van der Waals surface area contributed by atoms with E-state index in [9.17, 15) is 17.2 Å². The van der Waals surface area contributed by atoms with E-state index in [1.165, 1.54) is 25.1 Å². The van der Waals surface area contributed by atoms with Gasteiger partial charge in [0.1, 0.15) is 0 Å². The van der Waals surface area contributed by atoms with Crippen molar-refractivity contribution < 1.29 is 31.8 Å². The number of benzene rings is 1. The number of hydrogen-bond acceptors (Lipinski definition) is 5. The van der Waals surface area contributed by atoms with Gasteiger partial charge in [0.05, 0.1) is 17.6 Å². The van der Waals surface area contributed by atoms with Gasteiger partial charge in [0.2, 0.25) is 0 Å². The van der Waals surface area contributed by atoms with Crippen molar-refractivity contribution >= 4 is 9.84 Å². The summed E-state index contributed by atoms with van der Waals surface area (Å²) in [5, 5.41) is 9.07. The van der Waals surface area contributed by atoms with E-state index in [1.54, 1.807) is 0 Å². The molecule has 1 atom stereocenters. The van der Waals surface area contributed by atoms with Crippen LogP contribution in [-0.4, -0.2) is 31.7 Å². The average Bonchev–Trinajstić information content (AvgIpc) is 2.47. The molecular formula is C11H12F2O5S. The molecule has 5 nitrogen and oxygen atoms in total. The fourth-order valence-corrected chi connectivity index (χ4v) is 3.30. The van der Waals surface area contributed by atoms with Crippen molar-refractivity contribution in [1.82, 2.24) is 0 Å². The van der Waals surface area contributed by atoms with Crippen LogP contribution in [0.3, 0.4) is 0 Å². The Morgan fingerprint density at radius 1 is 1.32 bits per heavy atom. The minimum Gasteiger partial charge on any atom is -0.395 e. The molecule has 0 unspecified atom stereocenters. The van der Waals surface area contributed by atoms with Gasteiger partial charge in [0.15, 0.2) is 21.3 Å². The minimum absolute atomic E-state index is 0.137. The lowest BCUT2D eigenvalue weighted by Gasteiger charge is -2.07. The average molecular weight is 294 g/mol. The molecule has 2 rings (SSSR count). The number of ether oxygens (including phenoxy) is 2. The van der Waals surface area contributed by atoms with Crippen molar-refractivity contribution in [3.05, 3.63) is 23.8 Å². The Morgan fingerprint density at radius 3 is 2.58 bits per heavy atom. The van der Waals surface area contributed by atoms with E-state index in [0.29, 0.717) is 5.56 Å². The van der Waals surface area contributed by atoms with Gasteiger partial charge in [-0.2, -0.15) is 0 Å². The summed E-state index contributed by atoms with van der Waals surface area (Å²) in [6.07, 6.45) is -4.71. The smallest absolute Gasteiger partial charge is 0.395 e. The molecule has 0 bridgehead atoms. The summed E-state index contributed by atoms with van der Waals surface area (Å²) in [6.45, 7) is 1.36. The zero-order valence-corrected chi connectivity index (χ0v) is 10.8. The van der Waals surface area contributed by atoms with Crippen LogP contribution < -0.4 is 9.47 Å². The maximum Gasteiger partial charge on any atom is 0.586 e. The first-order valence-electron chi connectivity index (χ1n) is 5.44. The van der Waals surface area contributed by atoms with Crippen molar-refractivity contribution in [2.24, 2.45) is 0 Å². The van der Waals surface area contributed by atoms with Crippen LogP contribution in [0.25, 0.3) is 0 Å². The lowest BCUT2D eigenvalue weighted by molar-refractivity contribution is -0.286. The van der Waals surface area contributed by atoms with Crippen molar-refractivity contribution in [2.75, 3.05) is 5.75 Å². The summed E-state index contributed by atoms with van der Waals surface area (Å²) < 4.78 is 57.3. The number of sulfone groups is 1. The van der Waals surface area contributed by atoms with Gasteiger partial charge in [-0.3, -0.25) is 0 Å². The van der Waals surface area contributed by atoms with Crippen LogP contribution in [0.5, 0.6) is 11.5 Å². The molecule has 1 aliphatic heterocycles. The molecule has 0 saturated carbocycles. The molecule has 0 aliphatic carbocycles. The summed E-state index contributed by atoms with van der Waals surface area (Å²) in [5.74, 6) is -1.09. The standard InChI is InChI=1S/C11H12F2O5S/c1-7(14)5-19(15,16)6-8-2-3-9-10(4-8)18-11(12,13)17-9/h2-4,7,14H,5-6H2,1H3/t7-/m1/s1. The number of aliphatic hydroxyl groups excluding tert-OH is 1. The van der Waals surface area contributed by atoms with Crippen molar-refractivity contribution in [2.45, 2.75) is 25.1 Å². The summed E-state index contributed by atoms with van der Waals surface area (Å²) >= 11 is 0. The molecule has 1 N–H and O–H groups in total. The van der Waals surface area contributed by atoms with Crippen LogP contribution >= 0.6 is 0 Å². The third kappa shape index (κ3) is 3.54. The van der Waals surface area contributed by atoms with E-state index in [4.69, 9.17) is 5.11 Å². The molecule has 1 heterocycles. The number of halogens is 2. The monoisotopic (exact) mass is 294 g/mol. The Hall–Kier alpha value is -1.41. The molecule has 106 valence electrons. The lowest BCUT2D eigenvalue weighted by Crippen LogP contribution is -2.25. The zero-order valence-electron chi connectivity index (χ0n) is 9.97. The van der Waals surface area contributed by atoms with Crippen LogP contribution in [0.1, 0.15) is 12.5 Å². The molecular weight excluding hydrogens is 282 g/mol. The Kier molecular flexibility index (Phi) is 3.40. The summed E-state index contributed by atoms with van der Waals surface area (Å²) in [4.78, 5) is 0. The molecule has 1 aliphatic rings.